The number of benzene rings is 1. The molecule has 1 aliphatic heterocycles. The van der Waals surface area contributed by atoms with Crippen molar-refractivity contribution >= 4 is 27.4 Å². The Balaban J connectivity index is 1.70. The van der Waals surface area contributed by atoms with E-state index in [2.05, 4.69) is 5.32 Å². The fourth-order valence-electron chi connectivity index (χ4n) is 2.19. The zero-order chi connectivity index (χ0) is 15.3. The molecule has 1 heterocycles. The Morgan fingerprint density at radius 3 is 2.57 bits per heavy atom. The molecule has 1 unspecified atom stereocenters. The Morgan fingerprint density at radius 2 is 1.95 bits per heavy atom. The maximum absolute atomic E-state index is 11.6. The van der Waals surface area contributed by atoms with Crippen LogP contribution >= 0.6 is 0 Å². The maximum Gasteiger partial charge on any atom is 0.306 e. The van der Waals surface area contributed by atoms with E-state index in [0.29, 0.717) is 12.1 Å². The second-order valence-electron chi connectivity index (χ2n) is 5.05. The molecule has 0 aliphatic carbocycles. The van der Waals surface area contributed by atoms with Gasteiger partial charge in [0, 0.05) is 12.1 Å². The summed E-state index contributed by atoms with van der Waals surface area (Å²) in [5.74, 6) is -1.01. The molecule has 1 fully saturated rings. The molecule has 0 bridgehead atoms. The van der Waals surface area contributed by atoms with Gasteiger partial charge in [-0.3, -0.25) is 9.59 Å². The predicted octanol–water partition coefficient (Wildman–Crippen LogP) is 0.993. The van der Waals surface area contributed by atoms with E-state index in [4.69, 9.17) is 4.74 Å². The molecule has 7 heteroatoms. The van der Waals surface area contributed by atoms with Gasteiger partial charge in [-0.05, 0) is 24.5 Å². The number of sulfone groups is 1. The van der Waals surface area contributed by atoms with Crippen molar-refractivity contribution in [2.75, 3.05) is 23.4 Å². The number of hydrogen-bond acceptors (Lipinski definition) is 5. The normalized spacial score (nSPS) is 19.9. The summed E-state index contributed by atoms with van der Waals surface area (Å²) in [7, 11) is -3.00. The minimum atomic E-state index is -3.00. The van der Waals surface area contributed by atoms with E-state index < -0.39 is 21.7 Å². The molecule has 2 rings (SSSR count). The molecule has 0 spiro atoms. The van der Waals surface area contributed by atoms with Gasteiger partial charge in [-0.15, -0.1) is 0 Å². The fourth-order valence-corrected chi connectivity index (χ4v) is 4.05. The van der Waals surface area contributed by atoms with E-state index in [1.54, 1.807) is 24.3 Å². The smallest absolute Gasteiger partial charge is 0.306 e. The highest BCUT2D eigenvalue weighted by Gasteiger charge is 2.29. The van der Waals surface area contributed by atoms with Gasteiger partial charge in [0.15, 0.2) is 16.4 Å². The number of para-hydroxylation sites is 1. The third kappa shape index (κ3) is 5.18. The molecule has 21 heavy (non-hydrogen) atoms. The highest BCUT2D eigenvalue weighted by atomic mass is 32.2. The van der Waals surface area contributed by atoms with E-state index in [9.17, 15) is 18.0 Å². The Morgan fingerprint density at radius 1 is 1.24 bits per heavy atom. The third-order valence-electron chi connectivity index (χ3n) is 3.20. The zero-order valence-electron chi connectivity index (χ0n) is 11.4. The number of esters is 1. The van der Waals surface area contributed by atoms with Crippen LogP contribution < -0.4 is 5.32 Å². The monoisotopic (exact) mass is 311 g/mol. The number of hydrogen-bond donors (Lipinski definition) is 1. The van der Waals surface area contributed by atoms with E-state index >= 15 is 0 Å². The summed E-state index contributed by atoms with van der Waals surface area (Å²) in [6, 6.07) is 8.84. The van der Waals surface area contributed by atoms with Crippen LogP contribution in [0.4, 0.5) is 5.69 Å². The molecular formula is C14H17NO5S. The van der Waals surface area contributed by atoms with Crippen molar-refractivity contribution < 1.29 is 22.7 Å². The van der Waals surface area contributed by atoms with Crippen LogP contribution in [0.15, 0.2) is 30.3 Å². The number of ether oxygens (including phenoxy) is 1. The molecule has 1 aromatic rings. The molecule has 1 saturated heterocycles. The van der Waals surface area contributed by atoms with Crippen LogP contribution in [-0.4, -0.2) is 38.4 Å². The first kappa shape index (κ1) is 15.5. The fraction of sp³-hybridized carbons (Fsp3) is 0.429. The van der Waals surface area contributed by atoms with Gasteiger partial charge >= 0.3 is 5.97 Å². The quantitative estimate of drug-likeness (QED) is 0.819. The van der Waals surface area contributed by atoms with Crippen LogP contribution in [0, 0.1) is 5.92 Å². The van der Waals surface area contributed by atoms with Gasteiger partial charge in [-0.2, -0.15) is 0 Å². The minimum absolute atomic E-state index is 0.0261. The molecule has 0 saturated carbocycles. The molecule has 1 amide bonds. The maximum atomic E-state index is 11.6. The van der Waals surface area contributed by atoms with Gasteiger partial charge in [0.2, 0.25) is 0 Å². The molecule has 1 aliphatic rings. The van der Waals surface area contributed by atoms with Gasteiger partial charge < -0.3 is 10.1 Å². The highest BCUT2D eigenvalue weighted by molar-refractivity contribution is 7.91. The summed E-state index contributed by atoms with van der Waals surface area (Å²) >= 11 is 0. The van der Waals surface area contributed by atoms with Crippen LogP contribution in [-0.2, 0) is 24.2 Å². The van der Waals surface area contributed by atoms with E-state index in [1.807, 2.05) is 6.07 Å². The third-order valence-corrected chi connectivity index (χ3v) is 5.04. The van der Waals surface area contributed by atoms with E-state index in [-0.39, 0.29) is 30.5 Å². The molecule has 1 aromatic carbocycles. The van der Waals surface area contributed by atoms with Crippen molar-refractivity contribution in [2.24, 2.45) is 5.92 Å². The topological polar surface area (TPSA) is 89.5 Å². The summed E-state index contributed by atoms with van der Waals surface area (Å²) < 4.78 is 27.4. The lowest BCUT2D eigenvalue weighted by Crippen LogP contribution is -2.22. The van der Waals surface area contributed by atoms with Gasteiger partial charge in [0.05, 0.1) is 11.5 Å². The molecular weight excluding hydrogens is 294 g/mol. The number of nitrogens with one attached hydrogen (secondary N) is 1. The van der Waals surface area contributed by atoms with Crippen molar-refractivity contribution in [1.29, 1.82) is 0 Å². The van der Waals surface area contributed by atoms with E-state index in [0.717, 1.165) is 0 Å². The summed E-state index contributed by atoms with van der Waals surface area (Å²) in [5, 5.41) is 2.59. The second kappa shape index (κ2) is 6.71. The highest BCUT2D eigenvalue weighted by Crippen LogP contribution is 2.21. The number of carbonyl (C=O) groups excluding carboxylic acids is 2. The summed E-state index contributed by atoms with van der Waals surface area (Å²) in [6.07, 6.45) is 0.519. The van der Waals surface area contributed by atoms with Crippen LogP contribution in [0.3, 0.4) is 0 Å². The molecule has 1 atom stereocenters. The van der Waals surface area contributed by atoms with Crippen LogP contribution in [0.5, 0.6) is 0 Å². The first-order chi connectivity index (χ1) is 9.94. The van der Waals surface area contributed by atoms with Crippen LogP contribution in [0.2, 0.25) is 0 Å². The van der Waals surface area contributed by atoms with Crippen LogP contribution in [0.25, 0.3) is 0 Å². The Bertz CT molecular complexity index is 612. The lowest BCUT2D eigenvalue weighted by atomic mass is 10.1. The lowest BCUT2D eigenvalue weighted by Gasteiger charge is -2.08. The molecule has 6 nitrogen and oxygen atoms in total. The summed E-state index contributed by atoms with van der Waals surface area (Å²) in [6.45, 7) is -0.368. The number of rotatable bonds is 5. The van der Waals surface area contributed by atoms with Gasteiger partial charge in [-0.25, -0.2) is 8.42 Å². The van der Waals surface area contributed by atoms with Gasteiger partial charge in [0.25, 0.3) is 5.91 Å². The van der Waals surface area contributed by atoms with Crippen molar-refractivity contribution in [3.05, 3.63) is 30.3 Å². The lowest BCUT2D eigenvalue weighted by molar-refractivity contribution is -0.148. The van der Waals surface area contributed by atoms with Crippen molar-refractivity contribution in [3.63, 3.8) is 0 Å². The average Bonchev–Trinajstić information content (AvgIpc) is 2.77. The molecule has 1 N–H and O–H groups in total. The molecule has 0 aromatic heterocycles. The number of amides is 1. The largest absolute Gasteiger partial charge is 0.456 e. The average molecular weight is 311 g/mol. The summed E-state index contributed by atoms with van der Waals surface area (Å²) in [4.78, 5) is 23.1. The summed E-state index contributed by atoms with van der Waals surface area (Å²) in [5.41, 5.74) is 0.625. The van der Waals surface area contributed by atoms with Gasteiger partial charge in [0.1, 0.15) is 0 Å². The first-order valence-corrected chi connectivity index (χ1v) is 8.48. The Hall–Kier alpha value is -1.89. The van der Waals surface area contributed by atoms with Crippen molar-refractivity contribution in [2.45, 2.75) is 12.8 Å². The standard InChI is InChI=1S/C14H17NO5S/c16-13(15-12-4-2-1-3-5-12)9-20-14(17)8-11-6-7-21(18,19)10-11/h1-5,11H,6-10H2,(H,15,16). The second-order valence-corrected chi connectivity index (χ2v) is 7.28. The van der Waals surface area contributed by atoms with Crippen LogP contribution in [0.1, 0.15) is 12.8 Å². The van der Waals surface area contributed by atoms with Gasteiger partial charge in [-0.1, -0.05) is 18.2 Å². The van der Waals surface area contributed by atoms with Crippen molar-refractivity contribution in [1.82, 2.24) is 0 Å². The van der Waals surface area contributed by atoms with E-state index in [1.165, 1.54) is 0 Å². The first-order valence-electron chi connectivity index (χ1n) is 6.65. The SMILES string of the molecule is O=C(COC(=O)CC1CCS(=O)(=O)C1)Nc1ccccc1. The number of carbonyl (C=O) groups is 2. The zero-order valence-corrected chi connectivity index (χ0v) is 12.3. The predicted molar refractivity (Wildman–Crippen MR) is 77.4 cm³/mol. The Labute approximate surface area is 123 Å². The molecule has 0 radical (unpaired) electrons. The number of anilines is 1. The Kier molecular flexibility index (Phi) is 4.95. The minimum Gasteiger partial charge on any atom is -0.456 e. The molecule has 114 valence electrons. The van der Waals surface area contributed by atoms with Crippen molar-refractivity contribution in [3.8, 4) is 0 Å².